The molecule has 182 valence electrons. The summed E-state index contributed by atoms with van der Waals surface area (Å²) in [5.41, 5.74) is 6.54. The van der Waals surface area contributed by atoms with Crippen molar-refractivity contribution < 1.29 is 4.74 Å². The topological polar surface area (TPSA) is 35.0 Å². The van der Waals surface area contributed by atoms with Crippen molar-refractivity contribution in [3.8, 4) is 5.75 Å². The Morgan fingerprint density at radius 1 is 0.861 bits per heavy atom. The van der Waals surface area contributed by atoms with E-state index in [0.717, 1.165) is 40.9 Å². The Kier molecular flexibility index (Phi) is 10.4. The van der Waals surface area contributed by atoms with Crippen molar-refractivity contribution in [3.05, 3.63) is 145 Å². The second-order valence-electron chi connectivity index (χ2n) is 8.35. The van der Waals surface area contributed by atoms with Crippen LogP contribution in [0.5, 0.6) is 5.75 Å². The predicted molar refractivity (Wildman–Crippen MR) is 153 cm³/mol. The summed E-state index contributed by atoms with van der Waals surface area (Å²) in [6.07, 6.45) is 13.5. The van der Waals surface area contributed by atoms with E-state index in [1.54, 1.807) is 6.20 Å². The van der Waals surface area contributed by atoms with Crippen LogP contribution in [0.1, 0.15) is 37.1 Å². The molecule has 2 aromatic heterocycles. The molecule has 0 atom stereocenters. The standard InChI is InChI=1S/C24H27NO.C9H7N/c1-5-9-19(3)16-20(4)11-12-22-13-14-24(17-21(22)6-2)26-18-23-10-7-8-15-25-23;1-2-6-9-8(4-1)5-3-7-10-9/h5,7-15,17H,3-4,6,16,18H2,1-2H3;1-7H/b9-5+,12-11+;. The summed E-state index contributed by atoms with van der Waals surface area (Å²) in [5, 5.41) is 1.20. The Hall–Kier alpha value is -4.24. The molecular formula is C33H34N2O. The highest BCUT2D eigenvalue weighted by Crippen LogP contribution is 2.22. The van der Waals surface area contributed by atoms with Gasteiger partial charge in [0.2, 0.25) is 0 Å². The van der Waals surface area contributed by atoms with Gasteiger partial charge in [0, 0.05) is 17.8 Å². The van der Waals surface area contributed by atoms with E-state index < -0.39 is 0 Å². The van der Waals surface area contributed by atoms with Crippen molar-refractivity contribution in [1.82, 2.24) is 9.97 Å². The van der Waals surface area contributed by atoms with Crippen LogP contribution in [-0.4, -0.2) is 9.97 Å². The molecule has 0 aliphatic rings. The molecule has 2 aromatic carbocycles. The summed E-state index contributed by atoms with van der Waals surface area (Å²) in [6, 6.07) is 24.1. The van der Waals surface area contributed by atoms with Crippen molar-refractivity contribution in [1.29, 1.82) is 0 Å². The van der Waals surface area contributed by atoms with Gasteiger partial charge in [0.25, 0.3) is 0 Å². The van der Waals surface area contributed by atoms with Crippen molar-refractivity contribution in [2.45, 2.75) is 33.3 Å². The average molecular weight is 475 g/mol. The number of aryl methyl sites for hydroxylation is 1. The zero-order valence-electron chi connectivity index (χ0n) is 21.2. The summed E-state index contributed by atoms with van der Waals surface area (Å²) < 4.78 is 5.87. The number of hydrogen-bond acceptors (Lipinski definition) is 3. The van der Waals surface area contributed by atoms with Gasteiger partial charge >= 0.3 is 0 Å². The van der Waals surface area contributed by atoms with Gasteiger partial charge in [-0.3, -0.25) is 9.97 Å². The monoisotopic (exact) mass is 474 g/mol. The molecule has 3 nitrogen and oxygen atoms in total. The molecule has 0 unspecified atom stereocenters. The molecular weight excluding hydrogens is 440 g/mol. The summed E-state index contributed by atoms with van der Waals surface area (Å²) >= 11 is 0. The van der Waals surface area contributed by atoms with E-state index in [4.69, 9.17) is 4.74 Å². The quantitative estimate of drug-likeness (QED) is 0.228. The zero-order chi connectivity index (χ0) is 25.6. The van der Waals surface area contributed by atoms with Gasteiger partial charge in [-0.2, -0.15) is 0 Å². The highest BCUT2D eigenvalue weighted by molar-refractivity contribution is 5.77. The smallest absolute Gasteiger partial charge is 0.130 e. The minimum atomic E-state index is 0.475. The maximum Gasteiger partial charge on any atom is 0.130 e. The Labute approximate surface area is 215 Å². The fourth-order valence-electron chi connectivity index (χ4n) is 3.65. The van der Waals surface area contributed by atoms with E-state index in [-0.39, 0.29) is 0 Å². The summed E-state index contributed by atoms with van der Waals surface area (Å²) in [4.78, 5) is 8.46. The maximum atomic E-state index is 5.87. The number of nitrogens with zero attached hydrogens (tertiary/aromatic N) is 2. The number of fused-ring (bicyclic) bond motifs is 1. The number of hydrogen-bond donors (Lipinski definition) is 0. The predicted octanol–water partition coefficient (Wildman–Crippen LogP) is 8.55. The van der Waals surface area contributed by atoms with E-state index in [9.17, 15) is 0 Å². The molecule has 0 spiro atoms. The lowest BCUT2D eigenvalue weighted by molar-refractivity contribution is 0.301. The molecule has 0 bridgehead atoms. The highest BCUT2D eigenvalue weighted by atomic mass is 16.5. The van der Waals surface area contributed by atoms with Crippen molar-refractivity contribution in [2.75, 3.05) is 0 Å². The molecule has 0 fully saturated rings. The van der Waals surface area contributed by atoms with E-state index in [1.807, 2.05) is 73.8 Å². The van der Waals surface area contributed by atoms with Gasteiger partial charge in [0.05, 0.1) is 11.2 Å². The van der Waals surface area contributed by atoms with Crippen LogP contribution in [0.2, 0.25) is 0 Å². The lowest BCUT2D eigenvalue weighted by Crippen LogP contribution is -1.98. The van der Waals surface area contributed by atoms with E-state index in [1.165, 1.54) is 16.5 Å². The molecule has 4 aromatic rings. The van der Waals surface area contributed by atoms with Gasteiger partial charge < -0.3 is 4.74 Å². The van der Waals surface area contributed by atoms with Crippen LogP contribution in [-0.2, 0) is 13.0 Å². The van der Waals surface area contributed by atoms with Gasteiger partial charge in [0.15, 0.2) is 0 Å². The normalized spacial score (nSPS) is 10.8. The number of aromatic nitrogens is 2. The van der Waals surface area contributed by atoms with Gasteiger partial charge in [0.1, 0.15) is 12.4 Å². The first-order chi connectivity index (χ1) is 17.6. The number of rotatable bonds is 9. The number of ether oxygens (including phenoxy) is 1. The molecule has 0 saturated heterocycles. The SMILES string of the molecule is C=C(/C=C/C)CC(=C)/C=C/c1ccc(OCc2ccccn2)cc1CC.c1ccc2ncccc2c1. The van der Waals surface area contributed by atoms with Crippen LogP contribution in [0.4, 0.5) is 0 Å². The van der Waals surface area contributed by atoms with Crippen LogP contribution < -0.4 is 4.74 Å². The largest absolute Gasteiger partial charge is 0.487 e. The average Bonchev–Trinajstić information content (AvgIpc) is 2.92. The maximum absolute atomic E-state index is 5.87. The Morgan fingerprint density at radius 3 is 2.36 bits per heavy atom. The number of para-hydroxylation sites is 1. The van der Waals surface area contributed by atoms with E-state index in [2.05, 4.69) is 66.5 Å². The number of benzene rings is 2. The van der Waals surface area contributed by atoms with Crippen LogP contribution in [0.15, 0.2) is 128 Å². The summed E-state index contributed by atoms with van der Waals surface area (Å²) in [7, 11) is 0. The van der Waals surface area contributed by atoms with Crippen molar-refractivity contribution >= 4 is 17.0 Å². The Morgan fingerprint density at radius 2 is 1.61 bits per heavy atom. The van der Waals surface area contributed by atoms with Gasteiger partial charge in [-0.1, -0.05) is 91.9 Å². The van der Waals surface area contributed by atoms with Crippen LogP contribution in [0, 0.1) is 0 Å². The second-order valence-corrected chi connectivity index (χ2v) is 8.35. The van der Waals surface area contributed by atoms with E-state index in [0.29, 0.717) is 6.61 Å². The Bertz CT molecular complexity index is 1270. The lowest BCUT2D eigenvalue weighted by Gasteiger charge is -2.10. The third-order valence-corrected chi connectivity index (χ3v) is 5.48. The first-order valence-corrected chi connectivity index (χ1v) is 12.2. The molecule has 36 heavy (non-hydrogen) atoms. The van der Waals surface area contributed by atoms with E-state index >= 15 is 0 Å². The molecule has 3 heteroatoms. The molecule has 0 aliphatic heterocycles. The van der Waals surface area contributed by atoms with Gasteiger partial charge in [-0.15, -0.1) is 0 Å². The minimum Gasteiger partial charge on any atom is -0.487 e. The number of allylic oxidation sites excluding steroid dienone is 5. The molecule has 0 saturated carbocycles. The van der Waals surface area contributed by atoms with Crippen molar-refractivity contribution in [2.24, 2.45) is 0 Å². The third kappa shape index (κ3) is 8.52. The first-order valence-electron chi connectivity index (χ1n) is 12.2. The first kappa shape index (κ1) is 26.4. The Balaban J connectivity index is 0.000000297. The number of pyridine rings is 2. The van der Waals surface area contributed by atoms with Gasteiger partial charge in [-0.25, -0.2) is 0 Å². The third-order valence-electron chi connectivity index (χ3n) is 5.48. The molecule has 0 amide bonds. The molecule has 0 N–H and O–H groups in total. The lowest BCUT2D eigenvalue weighted by atomic mass is 10.0. The fraction of sp³-hybridized carbons (Fsp3) is 0.152. The van der Waals surface area contributed by atoms with Crippen LogP contribution >= 0.6 is 0 Å². The molecule has 0 radical (unpaired) electrons. The van der Waals surface area contributed by atoms with Gasteiger partial charge in [-0.05, 0) is 67.3 Å². The molecule has 0 aliphatic carbocycles. The highest BCUT2D eigenvalue weighted by Gasteiger charge is 2.03. The second kappa shape index (κ2) is 14.2. The summed E-state index contributed by atoms with van der Waals surface area (Å²) in [5.74, 6) is 0.866. The summed E-state index contributed by atoms with van der Waals surface area (Å²) in [6.45, 7) is 12.8. The van der Waals surface area contributed by atoms with Crippen molar-refractivity contribution in [3.63, 3.8) is 0 Å². The minimum absolute atomic E-state index is 0.475. The van der Waals surface area contributed by atoms with Crippen LogP contribution in [0.3, 0.4) is 0 Å². The van der Waals surface area contributed by atoms with Crippen LogP contribution in [0.25, 0.3) is 17.0 Å². The fourth-order valence-corrected chi connectivity index (χ4v) is 3.65. The molecule has 2 heterocycles. The zero-order valence-corrected chi connectivity index (χ0v) is 21.2. The molecule has 4 rings (SSSR count).